The molecule has 1 nitrogen and oxygen atoms in total. The molecule has 0 saturated heterocycles. The number of rotatable bonds is 7. The van der Waals surface area contributed by atoms with Gasteiger partial charge >= 0.3 is 0 Å². The van der Waals surface area contributed by atoms with Gasteiger partial charge < -0.3 is 4.90 Å². The van der Waals surface area contributed by atoms with Crippen LogP contribution in [0.4, 0.5) is 17.1 Å². The summed E-state index contributed by atoms with van der Waals surface area (Å²) in [4.78, 5) is 2.51. The predicted molar refractivity (Wildman–Crippen MR) is 229 cm³/mol. The molecular formula is C53H55N. The Morgan fingerprint density at radius 2 is 1.04 bits per heavy atom. The Hall–Kier alpha value is -4.88. The number of fused-ring (bicyclic) bond motifs is 3. The van der Waals surface area contributed by atoms with Crippen LogP contribution >= 0.6 is 0 Å². The molecule has 0 atom stereocenters. The highest BCUT2D eigenvalue weighted by molar-refractivity contribution is 5.94. The topological polar surface area (TPSA) is 3.24 Å². The Morgan fingerprint density at radius 1 is 0.463 bits per heavy atom. The van der Waals surface area contributed by atoms with Gasteiger partial charge in [0.15, 0.2) is 0 Å². The Kier molecular flexibility index (Phi) is 9.52. The fourth-order valence-electron chi connectivity index (χ4n) is 10.5. The summed E-state index contributed by atoms with van der Waals surface area (Å²) in [5.74, 6) is 0.691. The highest BCUT2D eigenvalue weighted by atomic mass is 15.1. The van der Waals surface area contributed by atoms with Crippen molar-refractivity contribution in [1.82, 2.24) is 0 Å². The molecule has 0 aromatic heterocycles. The first-order valence-corrected chi connectivity index (χ1v) is 20.9. The second-order valence-corrected chi connectivity index (χ2v) is 17.0. The maximum Gasteiger partial charge on any atom is 0.0465 e. The van der Waals surface area contributed by atoms with Crippen LogP contribution in [-0.2, 0) is 10.8 Å². The van der Waals surface area contributed by atoms with Crippen LogP contribution in [-0.4, -0.2) is 0 Å². The third-order valence-electron chi connectivity index (χ3n) is 13.5. The van der Waals surface area contributed by atoms with Gasteiger partial charge in [0.2, 0.25) is 0 Å². The summed E-state index contributed by atoms with van der Waals surface area (Å²) in [5.41, 5.74) is 16.2. The number of anilines is 3. The van der Waals surface area contributed by atoms with Crippen molar-refractivity contribution in [2.75, 3.05) is 4.90 Å². The molecule has 0 unspecified atom stereocenters. The molecular weight excluding hydrogens is 651 g/mol. The van der Waals surface area contributed by atoms with Crippen LogP contribution in [0.5, 0.6) is 0 Å². The molecule has 0 amide bonds. The van der Waals surface area contributed by atoms with E-state index in [0.29, 0.717) is 5.92 Å². The van der Waals surface area contributed by atoms with E-state index in [0.717, 1.165) is 0 Å². The van der Waals surface area contributed by atoms with Crippen molar-refractivity contribution in [2.24, 2.45) is 0 Å². The zero-order valence-corrected chi connectivity index (χ0v) is 32.4. The van der Waals surface area contributed by atoms with Crippen LogP contribution in [0.15, 0.2) is 146 Å². The highest BCUT2D eigenvalue weighted by Crippen LogP contribution is 2.54. The average molecular weight is 706 g/mol. The summed E-state index contributed by atoms with van der Waals surface area (Å²) < 4.78 is 0. The first-order valence-electron chi connectivity index (χ1n) is 20.9. The Balaban J connectivity index is 1.15. The van der Waals surface area contributed by atoms with Crippen molar-refractivity contribution in [1.29, 1.82) is 0 Å². The molecule has 0 radical (unpaired) electrons. The molecule has 0 aliphatic heterocycles. The smallest absolute Gasteiger partial charge is 0.0465 e. The van der Waals surface area contributed by atoms with Crippen molar-refractivity contribution in [2.45, 2.75) is 108 Å². The fourth-order valence-corrected chi connectivity index (χ4v) is 10.5. The van der Waals surface area contributed by atoms with Gasteiger partial charge in [0.1, 0.15) is 0 Å². The standard InChI is InChI=1S/C53H55N/c1-52(2)49-25-17-24-47(41-20-11-7-12-21-41)51(49)48-35-34-46(38-50(48)52)54(44-30-26-40(27-31-44)39-18-9-6-10-19-39)45-32-28-43(29-33-45)53(42-22-13-8-14-23-42)36-15-4-3-5-16-37-53/h7-8,11-14,17,20-35,38-39H,3-6,9-10,15-16,18-19,36-37H2,1-2H3. The molecule has 6 aromatic carbocycles. The van der Waals surface area contributed by atoms with E-state index in [2.05, 4.69) is 164 Å². The van der Waals surface area contributed by atoms with E-state index < -0.39 is 0 Å². The normalized spacial score (nSPS) is 17.9. The van der Waals surface area contributed by atoms with Gasteiger partial charge in [0.25, 0.3) is 0 Å². The van der Waals surface area contributed by atoms with Gasteiger partial charge in [-0.15, -0.1) is 0 Å². The van der Waals surface area contributed by atoms with Gasteiger partial charge in [-0.2, -0.15) is 0 Å². The molecule has 9 rings (SSSR count). The SMILES string of the molecule is CC1(C)c2cc(N(c3ccc(C4CCCCC4)cc3)c3ccc(C4(c5ccccc5)CCCCCCC4)cc3)ccc2-c2c(-c3ccccc3)cccc21. The van der Waals surface area contributed by atoms with Crippen molar-refractivity contribution >= 4 is 17.1 Å². The minimum absolute atomic E-state index is 0.0620. The largest absolute Gasteiger partial charge is 0.310 e. The fraction of sp³-hybridized carbons (Fsp3) is 0.321. The number of nitrogens with zero attached hydrogens (tertiary/aromatic N) is 1. The van der Waals surface area contributed by atoms with Gasteiger partial charge in [-0.3, -0.25) is 0 Å². The van der Waals surface area contributed by atoms with E-state index in [9.17, 15) is 0 Å². The molecule has 54 heavy (non-hydrogen) atoms. The second-order valence-electron chi connectivity index (χ2n) is 17.0. The molecule has 0 heterocycles. The quantitative estimate of drug-likeness (QED) is 0.160. The van der Waals surface area contributed by atoms with E-state index >= 15 is 0 Å². The molecule has 0 bridgehead atoms. The lowest BCUT2D eigenvalue weighted by molar-refractivity contribution is 0.366. The maximum absolute atomic E-state index is 2.51. The Morgan fingerprint density at radius 3 is 1.72 bits per heavy atom. The van der Waals surface area contributed by atoms with Crippen molar-refractivity contribution in [3.8, 4) is 22.3 Å². The first kappa shape index (κ1) is 34.9. The van der Waals surface area contributed by atoms with Crippen LogP contribution in [0, 0.1) is 0 Å². The van der Waals surface area contributed by atoms with Crippen LogP contribution in [0.1, 0.15) is 125 Å². The van der Waals surface area contributed by atoms with Crippen molar-refractivity contribution in [3.63, 3.8) is 0 Å². The molecule has 1 heteroatoms. The summed E-state index contributed by atoms with van der Waals surface area (Å²) in [6, 6.07) is 55.8. The zero-order valence-electron chi connectivity index (χ0n) is 32.4. The summed E-state index contributed by atoms with van der Waals surface area (Å²) in [6.07, 6.45) is 15.8. The van der Waals surface area contributed by atoms with Gasteiger partial charge in [-0.05, 0) is 118 Å². The molecule has 3 aliphatic carbocycles. The highest BCUT2D eigenvalue weighted by Gasteiger charge is 2.38. The van der Waals surface area contributed by atoms with E-state index in [1.54, 1.807) is 0 Å². The van der Waals surface area contributed by atoms with Gasteiger partial charge in [0, 0.05) is 27.9 Å². The summed E-state index contributed by atoms with van der Waals surface area (Å²) >= 11 is 0. The average Bonchev–Trinajstić information content (AvgIpc) is 3.45. The lowest BCUT2D eigenvalue weighted by atomic mass is 9.67. The first-order chi connectivity index (χ1) is 26.5. The molecule has 0 N–H and O–H groups in total. The van der Waals surface area contributed by atoms with Crippen LogP contribution in [0.3, 0.4) is 0 Å². The molecule has 6 aromatic rings. The van der Waals surface area contributed by atoms with E-state index in [1.807, 2.05) is 0 Å². The molecule has 3 aliphatic rings. The summed E-state index contributed by atoms with van der Waals surface area (Å²) in [5, 5.41) is 0. The van der Waals surface area contributed by atoms with Gasteiger partial charge in [-0.25, -0.2) is 0 Å². The van der Waals surface area contributed by atoms with Gasteiger partial charge in [0.05, 0.1) is 0 Å². The molecule has 2 saturated carbocycles. The monoisotopic (exact) mass is 705 g/mol. The van der Waals surface area contributed by atoms with Crippen LogP contribution in [0.2, 0.25) is 0 Å². The maximum atomic E-state index is 2.51. The molecule has 0 spiro atoms. The Bertz CT molecular complexity index is 2180. The number of hydrogen-bond donors (Lipinski definition) is 0. The molecule has 272 valence electrons. The minimum Gasteiger partial charge on any atom is -0.310 e. The lowest BCUT2D eigenvalue weighted by Gasteiger charge is -2.37. The van der Waals surface area contributed by atoms with Crippen LogP contribution in [0.25, 0.3) is 22.3 Å². The lowest BCUT2D eigenvalue weighted by Crippen LogP contribution is -2.29. The van der Waals surface area contributed by atoms with Crippen molar-refractivity contribution in [3.05, 3.63) is 173 Å². The van der Waals surface area contributed by atoms with E-state index in [-0.39, 0.29) is 10.8 Å². The summed E-state index contributed by atoms with van der Waals surface area (Å²) in [6.45, 7) is 4.82. The number of hydrogen-bond acceptors (Lipinski definition) is 1. The van der Waals surface area contributed by atoms with Crippen LogP contribution < -0.4 is 4.90 Å². The number of benzene rings is 6. The second kappa shape index (κ2) is 14.7. The minimum atomic E-state index is -0.119. The van der Waals surface area contributed by atoms with Crippen molar-refractivity contribution < 1.29 is 0 Å². The van der Waals surface area contributed by atoms with E-state index in [4.69, 9.17) is 0 Å². The van der Waals surface area contributed by atoms with E-state index in [1.165, 1.54) is 144 Å². The van der Waals surface area contributed by atoms with Gasteiger partial charge in [-0.1, -0.05) is 174 Å². The third kappa shape index (κ3) is 6.30. The summed E-state index contributed by atoms with van der Waals surface area (Å²) in [7, 11) is 0. The third-order valence-corrected chi connectivity index (χ3v) is 13.5. The Labute approximate surface area is 324 Å². The predicted octanol–water partition coefficient (Wildman–Crippen LogP) is 15.2. The zero-order chi connectivity index (χ0) is 36.5. The molecule has 2 fully saturated rings.